The second kappa shape index (κ2) is 20.0. The van der Waals surface area contributed by atoms with Crippen LogP contribution in [0.15, 0.2) is 96.4 Å². The van der Waals surface area contributed by atoms with Crippen LogP contribution in [-0.2, 0) is 36.0 Å². The number of benzene rings is 3. The van der Waals surface area contributed by atoms with E-state index < -0.39 is 45.8 Å². The molecule has 0 bridgehead atoms. The number of rotatable bonds is 19. The number of carbonyl (C=O) groups is 2. The molecule has 5 rings (SSSR count). The average Bonchev–Trinajstić information content (AvgIpc) is 3.17. The summed E-state index contributed by atoms with van der Waals surface area (Å²) in [4.78, 5) is 27.1. The molecule has 3 N–H and O–H groups in total. The molecule has 308 valence electrons. The molecule has 0 spiro atoms. The fourth-order valence-corrected chi connectivity index (χ4v) is 9.96. The van der Waals surface area contributed by atoms with Gasteiger partial charge in [0.25, 0.3) is 5.91 Å². The summed E-state index contributed by atoms with van der Waals surface area (Å²) in [6.07, 6.45) is 5.14. The van der Waals surface area contributed by atoms with Gasteiger partial charge in [0.15, 0.2) is 6.29 Å². The Kier molecular flexibility index (Phi) is 15.4. The van der Waals surface area contributed by atoms with Crippen molar-refractivity contribution in [3.63, 3.8) is 0 Å². The molecule has 2 aliphatic carbocycles. The number of fused-ring (bicyclic) bond motifs is 1. The Labute approximate surface area is 342 Å². The van der Waals surface area contributed by atoms with E-state index in [1.807, 2.05) is 55.5 Å². The summed E-state index contributed by atoms with van der Waals surface area (Å²) in [5.41, 5.74) is 2.86. The summed E-state index contributed by atoms with van der Waals surface area (Å²) >= 11 is 6.41. The van der Waals surface area contributed by atoms with Crippen molar-refractivity contribution in [2.45, 2.75) is 76.3 Å². The van der Waals surface area contributed by atoms with Crippen LogP contribution in [0.3, 0.4) is 0 Å². The number of ether oxygens (including phenoxy) is 4. The summed E-state index contributed by atoms with van der Waals surface area (Å²) in [5.74, 6) is -0.431. The summed E-state index contributed by atoms with van der Waals surface area (Å²) in [6, 6.07) is 19.9. The number of methoxy groups -OCH3 is 2. The second-order valence-corrected chi connectivity index (χ2v) is 17.6. The third kappa shape index (κ3) is 10.9. The van der Waals surface area contributed by atoms with Crippen molar-refractivity contribution in [3.8, 4) is 5.75 Å². The number of allylic oxidation sites excluding steroid dienone is 1. The Morgan fingerprint density at radius 3 is 2.49 bits per heavy atom. The van der Waals surface area contributed by atoms with Gasteiger partial charge >= 0.3 is 6.09 Å². The topological polar surface area (TPSA) is 145 Å². The highest BCUT2D eigenvalue weighted by Crippen LogP contribution is 2.44. The lowest BCUT2D eigenvalue weighted by atomic mass is 9.69. The van der Waals surface area contributed by atoms with Crippen LogP contribution in [0.25, 0.3) is 0 Å². The molecule has 0 aromatic heterocycles. The van der Waals surface area contributed by atoms with Crippen molar-refractivity contribution < 1.29 is 37.9 Å². The van der Waals surface area contributed by atoms with E-state index in [9.17, 15) is 18.9 Å². The van der Waals surface area contributed by atoms with Gasteiger partial charge in [0.05, 0.1) is 23.0 Å². The monoisotopic (exact) mass is 821 g/mol. The van der Waals surface area contributed by atoms with Crippen molar-refractivity contribution in [3.05, 3.63) is 119 Å². The number of aliphatic hydroxyl groups is 1. The highest BCUT2D eigenvalue weighted by Gasteiger charge is 2.46. The molecule has 57 heavy (non-hydrogen) atoms. The summed E-state index contributed by atoms with van der Waals surface area (Å²) in [6.45, 7) is 11.8. The number of nitrogens with zero attached hydrogens (tertiary/aromatic N) is 1. The van der Waals surface area contributed by atoms with E-state index >= 15 is 0 Å². The zero-order valence-electron chi connectivity index (χ0n) is 33.3. The molecule has 1 fully saturated rings. The predicted molar refractivity (Wildman–Crippen MR) is 225 cm³/mol. The molecule has 1 saturated carbocycles. The largest absolute Gasteiger partial charge is 0.490 e. The lowest BCUT2D eigenvalue weighted by Gasteiger charge is -2.43. The molecule has 0 heterocycles. The van der Waals surface area contributed by atoms with E-state index in [-0.39, 0.29) is 35.7 Å². The first-order valence-corrected chi connectivity index (χ1v) is 21.5. The molecular weight excluding hydrogens is 766 g/mol. The van der Waals surface area contributed by atoms with Gasteiger partial charge in [-0.3, -0.25) is 4.79 Å². The summed E-state index contributed by atoms with van der Waals surface area (Å²) in [5, 5.41) is 14.6. The van der Waals surface area contributed by atoms with Crippen molar-refractivity contribution in [2.24, 2.45) is 22.1 Å². The Morgan fingerprint density at radius 2 is 1.82 bits per heavy atom. The highest BCUT2D eigenvalue weighted by atomic mass is 35.5. The van der Waals surface area contributed by atoms with Gasteiger partial charge in [-0.1, -0.05) is 67.1 Å². The molecule has 11 nitrogen and oxygen atoms in total. The Morgan fingerprint density at radius 1 is 1.07 bits per heavy atom. The van der Waals surface area contributed by atoms with Gasteiger partial charge in [0, 0.05) is 31.4 Å². The second-order valence-electron chi connectivity index (χ2n) is 15.1. The van der Waals surface area contributed by atoms with Crippen LogP contribution in [0.5, 0.6) is 5.75 Å². The lowest BCUT2D eigenvalue weighted by Crippen LogP contribution is -2.49. The van der Waals surface area contributed by atoms with Crippen molar-refractivity contribution in [1.82, 2.24) is 4.72 Å². The quantitative estimate of drug-likeness (QED) is 0.0798. The van der Waals surface area contributed by atoms with E-state index in [4.69, 9.17) is 30.5 Å². The maximum Gasteiger partial charge on any atom is 0.420 e. The van der Waals surface area contributed by atoms with Gasteiger partial charge in [0.2, 0.25) is 0 Å². The smallest absolute Gasteiger partial charge is 0.420 e. The van der Waals surface area contributed by atoms with Crippen LogP contribution in [0, 0.1) is 17.8 Å². The highest BCUT2D eigenvalue weighted by molar-refractivity contribution is 7.92. The standard InChI is InChI=1S/C44H56ClN3O8S/c1-7-13-29(3)27-57(52,48-43(51)56-30(4)31-14-10-9-11-15-31)47-41(50)33-18-22-40(38(25-33)46-26-34-17-20-36(34)39(49)8-2)55-28-44(42(53-5)54-6)23-12-16-32-24-35(45)19-21-37(32)44/h7-11,14-15,18-19,21-22,24-25,29-30,34,36,39,42,46,49H,1-2,12-13,16-17,20,23,26-28H2,3-6H3,(H,47,48,50,51,52)/t29-,30-,34-,36+,39-,44-,57-/m0/s1. The summed E-state index contributed by atoms with van der Waals surface area (Å²) in [7, 11) is -0.432. The molecule has 0 aliphatic heterocycles. The molecule has 0 saturated heterocycles. The first kappa shape index (κ1) is 43.9. The maximum absolute atomic E-state index is 14.3. The first-order valence-electron chi connectivity index (χ1n) is 19.4. The van der Waals surface area contributed by atoms with Gasteiger partial charge < -0.3 is 29.4 Å². The number of aliphatic hydroxyl groups excluding tert-OH is 1. The van der Waals surface area contributed by atoms with Crippen molar-refractivity contribution in [1.29, 1.82) is 0 Å². The molecule has 3 aromatic carbocycles. The molecule has 7 atom stereocenters. The molecule has 2 aliphatic rings. The minimum atomic E-state index is -3.65. The van der Waals surface area contributed by atoms with Gasteiger partial charge in [-0.2, -0.15) is 0 Å². The number of amides is 2. The molecule has 13 heteroatoms. The van der Waals surface area contributed by atoms with E-state index in [1.165, 1.54) is 0 Å². The molecule has 0 unspecified atom stereocenters. The van der Waals surface area contributed by atoms with Gasteiger partial charge in [-0.05, 0) is 110 Å². The van der Waals surface area contributed by atoms with E-state index in [2.05, 4.69) is 27.6 Å². The van der Waals surface area contributed by atoms with Crippen LogP contribution < -0.4 is 14.8 Å². The minimum absolute atomic E-state index is 0.0508. The SMILES string of the molecule is C=CC[C@H](C)C[S@](=O)(=NC(=O)c1ccc(OC[C@@]2(C(OC)OC)CCCc3cc(Cl)ccc32)c(NC[C@@H]2CC[C@H]2[C@@H](O)C=C)c1)NC(=O)O[C@@H](C)c1ccccc1. The normalized spacial score (nSPS) is 21.4. The van der Waals surface area contributed by atoms with Crippen LogP contribution in [-0.4, -0.2) is 66.8 Å². The number of carbonyl (C=O) groups excluding carboxylic acids is 2. The molecule has 0 radical (unpaired) electrons. The van der Waals surface area contributed by atoms with Gasteiger partial charge in [-0.15, -0.1) is 17.5 Å². The number of nitrogens with one attached hydrogen (secondary N) is 2. The van der Waals surface area contributed by atoms with Gasteiger partial charge in [0.1, 0.15) is 28.4 Å². The van der Waals surface area contributed by atoms with Crippen LogP contribution in [0.1, 0.15) is 79.1 Å². The third-order valence-corrected chi connectivity index (χ3v) is 13.3. The fourth-order valence-electron chi connectivity index (χ4n) is 7.97. The van der Waals surface area contributed by atoms with Crippen LogP contribution >= 0.6 is 11.6 Å². The van der Waals surface area contributed by atoms with Crippen molar-refractivity contribution in [2.75, 3.05) is 38.4 Å². The van der Waals surface area contributed by atoms with Crippen LogP contribution in [0.4, 0.5) is 10.5 Å². The Hall–Kier alpha value is -4.20. The average molecular weight is 822 g/mol. The van der Waals surface area contributed by atoms with Crippen molar-refractivity contribution >= 4 is 39.2 Å². The number of halogens is 1. The zero-order chi connectivity index (χ0) is 41.2. The number of hydrogen-bond acceptors (Lipinski definition) is 9. The fraction of sp³-hybridized carbons (Fsp3) is 0.455. The zero-order valence-corrected chi connectivity index (χ0v) is 34.9. The lowest BCUT2D eigenvalue weighted by molar-refractivity contribution is -0.162. The third-order valence-electron chi connectivity index (χ3n) is 11.1. The Balaban J connectivity index is 1.47. The first-order chi connectivity index (χ1) is 27.3. The number of hydrogen-bond donors (Lipinski definition) is 3. The minimum Gasteiger partial charge on any atom is -0.490 e. The Bertz CT molecular complexity index is 2000. The maximum atomic E-state index is 14.3. The predicted octanol–water partition coefficient (Wildman–Crippen LogP) is 8.82. The molecular formula is C44H56ClN3O8S. The number of aryl methyl sites for hydroxylation is 1. The van der Waals surface area contributed by atoms with E-state index in [0.717, 1.165) is 48.8 Å². The van der Waals surface area contributed by atoms with E-state index in [0.29, 0.717) is 29.4 Å². The van der Waals surface area contributed by atoms with E-state index in [1.54, 1.807) is 51.5 Å². The molecule has 3 aromatic rings. The summed E-state index contributed by atoms with van der Waals surface area (Å²) < 4.78 is 44.9. The number of anilines is 1. The van der Waals surface area contributed by atoms with Crippen LogP contribution in [0.2, 0.25) is 5.02 Å². The molecule has 2 amide bonds. The van der Waals surface area contributed by atoms with Gasteiger partial charge in [-0.25, -0.2) is 13.7 Å².